The second-order valence-electron chi connectivity index (χ2n) is 8.16. The van der Waals surface area contributed by atoms with E-state index in [1.165, 1.54) is 5.56 Å². The van der Waals surface area contributed by atoms with Gasteiger partial charge in [-0.3, -0.25) is 4.40 Å². The minimum absolute atomic E-state index is 0.636. The van der Waals surface area contributed by atoms with Crippen molar-refractivity contribution in [1.82, 2.24) is 14.0 Å². The summed E-state index contributed by atoms with van der Waals surface area (Å²) in [6.07, 6.45) is 2.96. The number of nitrogens with zero attached hydrogens (tertiary/aromatic N) is 4. The summed E-state index contributed by atoms with van der Waals surface area (Å²) in [4.78, 5) is 9.93. The van der Waals surface area contributed by atoms with E-state index in [0.29, 0.717) is 10.6 Å². The van der Waals surface area contributed by atoms with Crippen LogP contribution in [-0.2, 0) is 6.42 Å². The third kappa shape index (κ3) is 3.78. The van der Waals surface area contributed by atoms with Crippen molar-refractivity contribution in [2.45, 2.75) is 6.42 Å². The van der Waals surface area contributed by atoms with Gasteiger partial charge in [0, 0.05) is 34.4 Å². The SMILES string of the molecule is Clc1ccc(N=c2nc3ccccc3c3n(-c4ccccc4)cc(Cc4ccccc4)n23)cc1. The lowest BCUT2D eigenvalue weighted by Gasteiger charge is -2.09. The zero-order valence-electron chi connectivity index (χ0n) is 18.3. The van der Waals surface area contributed by atoms with Crippen LogP contribution in [0, 0.1) is 0 Å². The minimum Gasteiger partial charge on any atom is -0.301 e. The van der Waals surface area contributed by atoms with Gasteiger partial charge in [0.15, 0.2) is 0 Å². The Kier molecular flexibility index (Phi) is 5.21. The molecule has 6 aromatic rings. The van der Waals surface area contributed by atoms with Crippen molar-refractivity contribution in [3.63, 3.8) is 0 Å². The molecule has 0 aliphatic heterocycles. The van der Waals surface area contributed by atoms with Crippen LogP contribution in [0.2, 0.25) is 5.02 Å². The molecule has 0 amide bonds. The Labute approximate surface area is 202 Å². The van der Waals surface area contributed by atoms with Gasteiger partial charge >= 0.3 is 0 Å². The van der Waals surface area contributed by atoms with Gasteiger partial charge in [0.05, 0.1) is 11.2 Å². The number of para-hydroxylation sites is 2. The minimum atomic E-state index is 0.636. The van der Waals surface area contributed by atoms with Crippen molar-refractivity contribution in [3.8, 4) is 5.69 Å². The molecule has 2 aromatic heterocycles. The molecule has 0 spiro atoms. The van der Waals surface area contributed by atoms with Gasteiger partial charge in [0.2, 0.25) is 5.62 Å². The first-order valence-corrected chi connectivity index (χ1v) is 11.6. The third-order valence-electron chi connectivity index (χ3n) is 5.89. The molecule has 0 aliphatic carbocycles. The molecule has 0 atom stereocenters. The highest BCUT2D eigenvalue weighted by Gasteiger charge is 2.15. The summed E-state index contributed by atoms with van der Waals surface area (Å²) in [5.41, 5.74) is 6.81. The number of aromatic nitrogens is 3. The molecule has 0 saturated carbocycles. The number of hydrogen-bond acceptors (Lipinski definition) is 2. The van der Waals surface area contributed by atoms with Gasteiger partial charge in [0.25, 0.3) is 0 Å². The van der Waals surface area contributed by atoms with E-state index < -0.39 is 0 Å². The van der Waals surface area contributed by atoms with Crippen LogP contribution >= 0.6 is 11.6 Å². The second kappa shape index (κ2) is 8.65. The molecule has 0 aliphatic rings. The summed E-state index contributed by atoms with van der Waals surface area (Å²) < 4.78 is 4.42. The molecule has 6 rings (SSSR count). The van der Waals surface area contributed by atoms with Crippen molar-refractivity contribution < 1.29 is 0 Å². The lowest BCUT2D eigenvalue weighted by Crippen LogP contribution is -2.20. The number of halogens is 1. The smallest absolute Gasteiger partial charge is 0.236 e. The lowest BCUT2D eigenvalue weighted by molar-refractivity contribution is 0.911. The van der Waals surface area contributed by atoms with Gasteiger partial charge < -0.3 is 4.57 Å². The number of hydrogen-bond donors (Lipinski definition) is 0. The molecule has 0 bridgehead atoms. The summed E-state index contributed by atoms with van der Waals surface area (Å²) in [5, 5.41) is 1.75. The van der Waals surface area contributed by atoms with Gasteiger partial charge in [0.1, 0.15) is 5.65 Å². The topological polar surface area (TPSA) is 34.6 Å². The Morgan fingerprint density at radius 1 is 0.735 bits per heavy atom. The van der Waals surface area contributed by atoms with Gasteiger partial charge in [-0.2, -0.15) is 0 Å². The summed E-state index contributed by atoms with van der Waals surface area (Å²) in [5.74, 6) is 0. The van der Waals surface area contributed by atoms with E-state index in [9.17, 15) is 0 Å². The highest BCUT2D eigenvalue weighted by atomic mass is 35.5. The van der Waals surface area contributed by atoms with Gasteiger partial charge in [-0.1, -0.05) is 72.3 Å². The monoisotopic (exact) mass is 460 g/mol. The molecular formula is C29H21ClN4. The van der Waals surface area contributed by atoms with E-state index in [2.05, 4.69) is 75.8 Å². The summed E-state index contributed by atoms with van der Waals surface area (Å²) in [7, 11) is 0. The first kappa shape index (κ1) is 20.5. The molecule has 0 N–H and O–H groups in total. The predicted octanol–water partition coefficient (Wildman–Crippen LogP) is 6.75. The van der Waals surface area contributed by atoms with Crippen molar-refractivity contribution in [1.29, 1.82) is 0 Å². The Morgan fingerprint density at radius 3 is 2.18 bits per heavy atom. The highest BCUT2D eigenvalue weighted by molar-refractivity contribution is 6.30. The quantitative estimate of drug-likeness (QED) is 0.286. The van der Waals surface area contributed by atoms with Crippen molar-refractivity contribution in [3.05, 3.63) is 137 Å². The van der Waals surface area contributed by atoms with Crippen LogP contribution in [-0.4, -0.2) is 14.0 Å². The molecule has 34 heavy (non-hydrogen) atoms. The average molecular weight is 461 g/mol. The highest BCUT2D eigenvalue weighted by Crippen LogP contribution is 2.25. The van der Waals surface area contributed by atoms with Crippen LogP contribution in [0.5, 0.6) is 0 Å². The fraction of sp³-hybridized carbons (Fsp3) is 0.0345. The Balaban J connectivity index is 1.72. The standard InChI is InChI=1S/C29H21ClN4/c30-22-15-17-23(18-16-22)31-29-32-27-14-8-7-13-26(27)28-33(24-11-5-2-6-12-24)20-25(34(28)29)19-21-9-3-1-4-10-21/h1-18,20H,19H2. The molecule has 0 radical (unpaired) electrons. The van der Waals surface area contributed by atoms with E-state index in [1.54, 1.807) is 0 Å². The number of benzene rings is 4. The fourth-order valence-corrected chi connectivity index (χ4v) is 4.45. The molecule has 5 heteroatoms. The van der Waals surface area contributed by atoms with Crippen LogP contribution in [0.15, 0.2) is 120 Å². The van der Waals surface area contributed by atoms with E-state index in [1.807, 2.05) is 48.5 Å². The predicted molar refractivity (Wildman–Crippen MR) is 138 cm³/mol. The maximum Gasteiger partial charge on any atom is 0.236 e. The van der Waals surface area contributed by atoms with E-state index >= 15 is 0 Å². The van der Waals surface area contributed by atoms with E-state index in [-0.39, 0.29) is 0 Å². The number of imidazole rings is 1. The Hall–Kier alpha value is -4.15. The first-order chi connectivity index (χ1) is 16.8. The average Bonchev–Trinajstić information content (AvgIpc) is 3.26. The summed E-state index contributed by atoms with van der Waals surface area (Å²) in [6, 6.07) is 36.6. The molecule has 4 aromatic carbocycles. The zero-order valence-corrected chi connectivity index (χ0v) is 19.1. The maximum absolute atomic E-state index is 6.11. The first-order valence-electron chi connectivity index (χ1n) is 11.2. The van der Waals surface area contributed by atoms with Crippen LogP contribution in [0.1, 0.15) is 11.3 Å². The van der Waals surface area contributed by atoms with Crippen LogP contribution in [0.3, 0.4) is 0 Å². The van der Waals surface area contributed by atoms with Gasteiger partial charge in [-0.25, -0.2) is 9.98 Å². The maximum atomic E-state index is 6.11. The zero-order chi connectivity index (χ0) is 22.9. The second-order valence-corrected chi connectivity index (χ2v) is 8.60. The normalized spacial score (nSPS) is 12.0. The van der Waals surface area contributed by atoms with E-state index in [4.69, 9.17) is 21.6 Å². The van der Waals surface area contributed by atoms with Crippen molar-refractivity contribution in [2.75, 3.05) is 0 Å². The molecule has 0 saturated heterocycles. The fourth-order valence-electron chi connectivity index (χ4n) is 4.32. The molecule has 0 fully saturated rings. The van der Waals surface area contributed by atoms with Crippen LogP contribution < -0.4 is 5.62 Å². The summed E-state index contributed by atoms with van der Waals surface area (Å²) >= 11 is 6.11. The molecule has 4 nitrogen and oxygen atoms in total. The van der Waals surface area contributed by atoms with Gasteiger partial charge in [-0.05, 0) is 54.1 Å². The van der Waals surface area contributed by atoms with Crippen LogP contribution in [0.4, 0.5) is 5.69 Å². The molecule has 0 unspecified atom stereocenters. The van der Waals surface area contributed by atoms with Crippen LogP contribution in [0.25, 0.3) is 22.2 Å². The number of rotatable bonds is 4. The van der Waals surface area contributed by atoms with E-state index in [0.717, 1.165) is 40.0 Å². The molecule has 164 valence electrons. The Morgan fingerprint density at radius 2 is 1.41 bits per heavy atom. The lowest BCUT2D eigenvalue weighted by atomic mass is 10.1. The molecular weight excluding hydrogens is 440 g/mol. The molecule has 2 heterocycles. The number of fused-ring (bicyclic) bond motifs is 3. The largest absolute Gasteiger partial charge is 0.301 e. The third-order valence-corrected chi connectivity index (χ3v) is 6.14. The Bertz CT molecular complexity index is 1670. The van der Waals surface area contributed by atoms with Gasteiger partial charge in [-0.15, -0.1) is 0 Å². The summed E-state index contributed by atoms with van der Waals surface area (Å²) in [6.45, 7) is 0. The van der Waals surface area contributed by atoms with Crippen molar-refractivity contribution in [2.24, 2.45) is 4.99 Å². The van der Waals surface area contributed by atoms with Crippen molar-refractivity contribution >= 4 is 33.8 Å².